The second kappa shape index (κ2) is 5.30. The van der Waals surface area contributed by atoms with Gasteiger partial charge in [0.15, 0.2) is 5.69 Å². The maximum Gasteiger partial charge on any atom is 0.274 e. The smallest absolute Gasteiger partial charge is 0.274 e. The van der Waals surface area contributed by atoms with Crippen LogP contribution in [0.5, 0.6) is 0 Å². The van der Waals surface area contributed by atoms with Crippen molar-refractivity contribution in [2.45, 2.75) is 18.9 Å². The SMILES string of the molecule is CN(CC1CCCN1C)C(=O)c1ccc(N)nn1. The van der Waals surface area contributed by atoms with Crippen LogP contribution in [0.2, 0.25) is 0 Å². The minimum Gasteiger partial charge on any atom is -0.382 e. The van der Waals surface area contributed by atoms with Crippen LogP contribution in [-0.2, 0) is 0 Å². The number of carbonyl (C=O) groups excluding carboxylic acids is 1. The number of hydrogen-bond donors (Lipinski definition) is 1. The summed E-state index contributed by atoms with van der Waals surface area (Å²) >= 11 is 0. The number of amides is 1. The molecule has 0 aromatic carbocycles. The van der Waals surface area contributed by atoms with E-state index in [1.807, 2.05) is 0 Å². The molecule has 1 aliphatic rings. The van der Waals surface area contributed by atoms with E-state index >= 15 is 0 Å². The van der Waals surface area contributed by atoms with Gasteiger partial charge in [0.05, 0.1) is 0 Å². The molecule has 1 unspecified atom stereocenters. The zero-order valence-corrected chi connectivity index (χ0v) is 10.8. The van der Waals surface area contributed by atoms with Crippen LogP contribution in [-0.4, -0.2) is 59.1 Å². The topological polar surface area (TPSA) is 75.3 Å². The van der Waals surface area contributed by atoms with Crippen molar-refractivity contribution in [3.63, 3.8) is 0 Å². The molecular weight excluding hydrogens is 230 g/mol. The van der Waals surface area contributed by atoms with Crippen molar-refractivity contribution in [3.8, 4) is 0 Å². The number of nitrogens with two attached hydrogens (primary N) is 1. The Labute approximate surface area is 107 Å². The number of likely N-dealkylation sites (N-methyl/N-ethyl adjacent to an activating group) is 2. The summed E-state index contributed by atoms with van der Waals surface area (Å²) in [5.74, 6) is 0.215. The lowest BCUT2D eigenvalue weighted by Gasteiger charge is -2.25. The summed E-state index contributed by atoms with van der Waals surface area (Å²) in [5.41, 5.74) is 5.79. The Balaban J connectivity index is 1.98. The van der Waals surface area contributed by atoms with Crippen LogP contribution in [0.25, 0.3) is 0 Å². The monoisotopic (exact) mass is 249 g/mol. The van der Waals surface area contributed by atoms with Crippen molar-refractivity contribution in [1.82, 2.24) is 20.0 Å². The lowest BCUT2D eigenvalue weighted by Crippen LogP contribution is -2.39. The molecule has 6 nitrogen and oxygen atoms in total. The Hall–Kier alpha value is -1.69. The van der Waals surface area contributed by atoms with Crippen LogP contribution in [0, 0.1) is 0 Å². The Morgan fingerprint density at radius 3 is 2.89 bits per heavy atom. The molecule has 2 rings (SSSR count). The summed E-state index contributed by atoms with van der Waals surface area (Å²) < 4.78 is 0. The van der Waals surface area contributed by atoms with E-state index in [0.717, 1.165) is 19.5 Å². The Morgan fingerprint density at radius 2 is 2.33 bits per heavy atom. The van der Waals surface area contributed by atoms with Crippen molar-refractivity contribution in [2.75, 3.05) is 32.9 Å². The molecular formula is C12H19N5O. The van der Waals surface area contributed by atoms with Crippen molar-refractivity contribution in [2.24, 2.45) is 0 Å². The molecule has 0 bridgehead atoms. The van der Waals surface area contributed by atoms with Crippen molar-refractivity contribution >= 4 is 11.7 Å². The average Bonchev–Trinajstić information content (AvgIpc) is 2.75. The van der Waals surface area contributed by atoms with Gasteiger partial charge in [0.1, 0.15) is 5.82 Å². The fourth-order valence-corrected chi connectivity index (χ4v) is 2.26. The van der Waals surface area contributed by atoms with Crippen LogP contribution in [0.3, 0.4) is 0 Å². The molecule has 2 heterocycles. The zero-order valence-electron chi connectivity index (χ0n) is 10.8. The van der Waals surface area contributed by atoms with Gasteiger partial charge in [-0.15, -0.1) is 10.2 Å². The molecule has 0 radical (unpaired) electrons. The van der Waals surface area contributed by atoms with Crippen LogP contribution in [0.15, 0.2) is 12.1 Å². The number of nitrogens with zero attached hydrogens (tertiary/aromatic N) is 4. The maximum atomic E-state index is 12.1. The van der Waals surface area contributed by atoms with E-state index in [2.05, 4.69) is 22.1 Å². The van der Waals surface area contributed by atoms with Gasteiger partial charge in [0.25, 0.3) is 5.91 Å². The van der Waals surface area contributed by atoms with Crippen LogP contribution >= 0.6 is 0 Å². The number of aromatic nitrogens is 2. The molecule has 1 fully saturated rings. The van der Waals surface area contributed by atoms with Gasteiger partial charge in [-0.1, -0.05) is 0 Å². The van der Waals surface area contributed by atoms with Crippen molar-refractivity contribution in [3.05, 3.63) is 17.8 Å². The predicted molar refractivity (Wildman–Crippen MR) is 69.1 cm³/mol. The Morgan fingerprint density at radius 1 is 1.56 bits per heavy atom. The molecule has 1 amide bonds. The third-order valence-corrected chi connectivity index (χ3v) is 3.41. The molecule has 0 aliphatic carbocycles. The number of rotatable bonds is 3. The van der Waals surface area contributed by atoms with Crippen molar-refractivity contribution in [1.29, 1.82) is 0 Å². The van der Waals surface area contributed by atoms with Gasteiger partial charge in [-0.3, -0.25) is 4.79 Å². The lowest BCUT2D eigenvalue weighted by molar-refractivity contribution is 0.0754. The molecule has 0 saturated carbocycles. The number of likely N-dealkylation sites (tertiary alicyclic amines) is 1. The highest BCUT2D eigenvalue weighted by Gasteiger charge is 2.24. The molecule has 6 heteroatoms. The van der Waals surface area contributed by atoms with Gasteiger partial charge in [0, 0.05) is 19.6 Å². The summed E-state index contributed by atoms with van der Waals surface area (Å²) in [6, 6.07) is 3.65. The standard InChI is InChI=1S/C12H19N5O/c1-16-7-3-4-9(16)8-17(2)12(18)10-5-6-11(13)15-14-10/h5-6,9H,3-4,7-8H2,1-2H3,(H2,13,15). The largest absolute Gasteiger partial charge is 0.382 e. The highest BCUT2D eigenvalue weighted by Crippen LogP contribution is 2.16. The second-order valence-electron chi connectivity index (χ2n) is 4.81. The molecule has 1 saturated heterocycles. The van der Waals surface area contributed by atoms with Crippen LogP contribution in [0.1, 0.15) is 23.3 Å². The van der Waals surface area contributed by atoms with E-state index in [1.54, 1.807) is 24.1 Å². The Kier molecular flexibility index (Phi) is 3.76. The minimum atomic E-state index is -0.109. The molecule has 1 atom stereocenters. The summed E-state index contributed by atoms with van der Waals surface area (Å²) in [4.78, 5) is 16.1. The summed E-state index contributed by atoms with van der Waals surface area (Å²) in [6.07, 6.45) is 2.34. The summed E-state index contributed by atoms with van der Waals surface area (Å²) in [6.45, 7) is 1.83. The van der Waals surface area contributed by atoms with E-state index < -0.39 is 0 Å². The first-order valence-electron chi connectivity index (χ1n) is 6.13. The molecule has 0 spiro atoms. The first-order chi connectivity index (χ1) is 8.58. The minimum absolute atomic E-state index is 0.109. The number of nitrogen functional groups attached to an aromatic ring is 1. The highest BCUT2D eigenvalue weighted by atomic mass is 16.2. The van der Waals surface area contributed by atoms with Gasteiger partial charge >= 0.3 is 0 Å². The fraction of sp³-hybridized carbons (Fsp3) is 0.583. The van der Waals surface area contributed by atoms with E-state index in [4.69, 9.17) is 5.73 Å². The maximum absolute atomic E-state index is 12.1. The molecule has 2 N–H and O–H groups in total. The second-order valence-corrected chi connectivity index (χ2v) is 4.81. The number of hydrogen-bond acceptors (Lipinski definition) is 5. The summed E-state index contributed by atoms with van der Waals surface area (Å²) in [7, 11) is 3.89. The first kappa shape index (κ1) is 12.8. The van der Waals surface area contributed by atoms with Crippen LogP contribution in [0.4, 0.5) is 5.82 Å². The third kappa shape index (κ3) is 2.76. The average molecular weight is 249 g/mol. The van der Waals surface area contributed by atoms with Gasteiger partial charge < -0.3 is 15.5 Å². The fourth-order valence-electron chi connectivity index (χ4n) is 2.26. The predicted octanol–water partition coefficient (Wildman–Crippen LogP) is 0.225. The normalized spacial score (nSPS) is 20.0. The quantitative estimate of drug-likeness (QED) is 0.829. The molecule has 1 aromatic heterocycles. The zero-order chi connectivity index (χ0) is 13.1. The Bertz CT molecular complexity index is 419. The molecule has 98 valence electrons. The van der Waals surface area contributed by atoms with E-state index in [9.17, 15) is 4.79 Å². The lowest BCUT2D eigenvalue weighted by atomic mass is 10.2. The molecule has 18 heavy (non-hydrogen) atoms. The third-order valence-electron chi connectivity index (χ3n) is 3.41. The van der Waals surface area contributed by atoms with E-state index in [0.29, 0.717) is 17.6 Å². The number of anilines is 1. The van der Waals surface area contributed by atoms with E-state index in [-0.39, 0.29) is 5.91 Å². The van der Waals surface area contributed by atoms with Crippen LogP contribution < -0.4 is 5.73 Å². The molecule has 1 aromatic rings. The van der Waals surface area contributed by atoms with Gasteiger partial charge in [0.2, 0.25) is 0 Å². The van der Waals surface area contributed by atoms with Gasteiger partial charge in [-0.2, -0.15) is 0 Å². The summed E-state index contributed by atoms with van der Waals surface area (Å²) in [5, 5.41) is 7.51. The highest BCUT2D eigenvalue weighted by molar-refractivity contribution is 5.92. The molecule has 1 aliphatic heterocycles. The first-order valence-corrected chi connectivity index (χ1v) is 6.13. The van der Waals surface area contributed by atoms with E-state index in [1.165, 1.54) is 6.42 Å². The van der Waals surface area contributed by atoms with Gasteiger partial charge in [-0.25, -0.2) is 0 Å². The van der Waals surface area contributed by atoms with Gasteiger partial charge in [-0.05, 0) is 38.6 Å². The van der Waals surface area contributed by atoms with Crippen molar-refractivity contribution < 1.29 is 4.79 Å². The number of carbonyl (C=O) groups is 1.